The van der Waals surface area contributed by atoms with Crippen LogP contribution < -0.4 is 4.72 Å². The molecule has 0 aromatic heterocycles. The molecule has 0 aromatic carbocycles. The lowest BCUT2D eigenvalue weighted by Crippen LogP contribution is -2.39. The van der Waals surface area contributed by atoms with E-state index in [4.69, 9.17) is 5.11 Å². The number of nitrogens with zero attached hydrogens (tertiary/aromatic N) is 1. The van der Waals surface area contributed by atoms with Crippen LogP contribution in [0.4, 0.5) is 0 Å². The van der Waals surface area contributed by atoms with Gasteiger partial charge in [-0.15, -0.1) is 0 Å². The number of hydrogen-bond acceptors (Lipinski definition) is 4. The molecule has 0 aliphatic rings. The van der Waals surface area contributed by atoms with E-state index in [0.717, 1.165) is 19.5 Å². The van der Waals surface area contributed by atoms with E-state index in [1.807, 2.05) is 0 Å². The van der Waals surface area contributed by atoms with Crippen LogP contribution in [0.15, 0.2) is 0 Å². The first-order valence-electron chi connectivity index (χ1n) is 5.79. The minimum atomic E-state index is -3.36. The van der Waals surface area contributed by atoms with Crippen molar-refractivity contribution in [3.8, 4) is 0 Å². The van der Waals surface area contributed by atoms with E-state index in [2.05, 4.69) is 23.5 Å². The summed E-state index contributed by atoms with van der Waals surface area (Å²) in [5, 5.41) is 8.04. The van der Waals surface area contributed by atoms with Crippen molar-refractivity contribution in [1.29, 1.82) is 0 Å². The molecule has 16 heavy (non-hydrogen) atoms. The van der Waals surface area contributed by atoms with Gasteiger partial charge in [0.1, 0.15) is 0 Å². The quantitative estimate of drug-likeness (QED) is 0.607. The second-order valence-corrected chi connectivity index (χ2v) is 6.05. The Balaban J connectivity index is 3.97. The van der Waals surface area contributed by atoms with Gasteiger partial charge in [0, 0.05) is 13.1 Å². The van der Waals surface area contributed by atoms with Gasteiger partial charge in [0.05, 0.1) is 11.9 Å². The van der Waals surface area contributed by atoms with Crippen molar-refractivity contribution >= 4 is 10.0 Å². The molecule has 0 saturated carbocycles. The Bertz CT molecular complexity index is 267. The fourth-order valence-electron chi connectivity index (χ4n) is 1.33. The molecular weight excluding hydrogens is 228 g/mol. The van der Waals surface area contributed by atoms with Crippen LogP contribution in [0, 0.1) is 0 Å². The molecule has 5 nitrogen and oxygen atoms in total. The monoisotopic (exact) mass is 252 g/mol. The molecule has 98 valence electrons. The topological polar surface area (TPSA) is 69.6 Å². The van der Waals surface area contributed by atoms with Gasteiger partial charge in [-0.3, -0.25) is 0 Å². The van der Waals surface area contributed by atoms with Gasteiger partial charge in [-0.1, -0.05) is 13.8 Å². The number of hydrogen-bond donors (Lipinski definition) is 2. The lowest BCUT2D eigenvalue weighted by Gasteiger charge is -2.20. The number of nitrogens with one attached hydrogen (secondary N) is 1. The molecule has 0 heterocycles. The molecule has 0 aliphatic heterocycles. The SMILES string of the molecule is CCCN(CC)CCNS(=O)(=O)C(C)CO. The average Bonchev–Trinajstić information content (AvgIpc) is 2.26. The van der Waals surface area contributed by atoms with Crippen LogP contribution in [0.25, 0.3) is 0 Å². The number of rotatable bonds is 9. The zero-order valence-electron chi connectivity index (χ0n) is 10.4. The fourth-order valence-corrected chi connectivity index (χ4v) is 2.19. The highest BCUT2D eigenvalue weighted by molar-refractivity contribution is 7.90. The smallest absolute Gasteiger partial charge is 0.216 e. The molecule has 1 unspecified atom stereocenters. The normalized spacial score (nSPS) is 14.3. The zero-order chi connectivity index (χ0) is 12.6. The molecular formula is C10H24N2O3S. The molecule has 0 rings (SSSR count). The van der Waals surface area contributed by atoms with Gasteiger partial charge >= 0.3 is 0 Å². The summed E-state index contributed by atoms with van der Waals surface area (Å²) in [5.74, 6) is 0. The summed E-state index contributed by atoms with van der Waals surface area (Å²) in [6, 6.07) is 0. The zero-order valence-corrected chi connectivity index (χ0v) is 11.3. The number of aliphatic hydroxyl groups excluding tert-OH is 1. The lowest BCUT2D eigenvalue weighted by molar-refractivity contribution is 0.288. The van der Waals surface area contributed by atoms with Gasteiger partial charge in [0.2, 0.25) is 10.0 Å². The molecule has 0 radical (unpaired) electrons. The fraction of sp³-hybridized carbons (Fsp3) is 1.00. The summed E-state index contributed by atoms with van der Waals surface area (Å²) < 4.78 is 25.5. The number of sulfonamides is 1. The summed E-state index contributed by atoms with van der Waals surface area (Å²) in [4.78, 5) is 2.19. The Kier molecular flexibility index (Phi) is 7.91. The maximum Gasteiger partial charge on any atom is 0.216 e. The first kappa shape index (κ1) is 15.8. The van der Waals surface area contributed by atoms with E-state index in [1.54, 1.807) is 0 Å². The van der Waals surface area contributed by atoms with Gasteiger partial charge in [0.25, 0.3) is 0 Å². The van der Waals surface area contributed by atoms with Crippen LogP contribution in [0.3, 0.4) is 0 Å². The summed E-state index contributed by atoms with van der Waals surface area (Å²) >= 11 is 0. The van der Waals surface area contributed by atoms with Crippen molar-refractivity contribution in [1.82, 2.24) is 9.62 Å². The lowest BCUT2D eigenvalue weighted by atomic mass is 10.4. The highest BCUT2D eigenvalue weighted by Crippen LogP contribution is 1.96. The van der Waals surface area contributed by atoms with Crippen LogP contribution in [-0.2, 0) is 10.0 Å². The highest BCUT2D eigenvalue weighted by atomic mass is 32.2. The third kappa shape index (κ3) is 5.79. The van der Waals surface area contributed by atoms with E-state index < -0.39 is 15.3 Å². The van der Waals surface area contributed by atoms with Crippen LogP contribution in [0.2, 0.25) is 0 Å². The molecule has 2 N–H and O–H groups in total. The molecule has 6 heteroatoms. The Morgan fingerprint density at radius 2 is 1.94 bits per heavy atom. The molecule has 0 amide bonds. The Labute approximate surface area is 98.9 Å². The predicted molar refractivity (Wildman–Crippen MR) is 65.9 cm³/mol. The Hall–Kier alpha value is -0.170. The molecule has 0 fully saturated rings. The number of aliphatic hydroxyl groups is 1. The van der Waals surface area contributed by atoms with Crippen molar-refractivity contribution in [3.05, 3.63) is 0 Å². The second-order valence-electron chi connectivity index (χ2n) is 3.87. The Morgan fingerprint density at radius 1 is 1.31 bits per heavy atom. The summed E-state index contributed by atoms with van der Waals surface area (Å²) in [6.07, 6.45) is 1.06. The van der Waals surface area contributed by atoms with Gasteiger partial charge in [-0.2, -0.15) is 0 Å². The molecule has 0 saturated heterocycles. The molecule has 0 bridgehead atoms. The maximum atomic E-state index is 11.5. The predicted octanol–water partition coefficient (Wildman–Crippen LogP) is 0.0185. The van der Waals surface area contributed by atoms with Crippen molar-refractivity contribution < 1.29 is 13.5 Å². The van der Waals surface area contributed by atoms with Crippen LogP contribution in [0.5, 0.6) is 0 Å². The minimum Gasteiger partial charge on any atom is -0.395 e. The van der Waals surface area contributed by atoms with E-state index in [0.29, 0.717) is 13.1 Å². The second kappa shape index (κ2) is 8.00. The van der Waals surface area contributed by atoms with Crippen molar-refractivity contribution in [2.24, 2.45) is 0 Å². The molecule has 0 spiro atoms. The third-order valence-electron chi connectivity index (χ3n) is 2.51. The van der Waals surface area contributed by atoms with Gasteiger partial charge in [0.15, 0.2) is 0 Å². The minimum absolute atomic E-state index is 0.345. The summed E-state index contributed by atoms with van der Waals surface area (Å²) in [7, 11) is -3.36. The van der Waals surface area contributed by atoms with Crippen molar-refractivity contribution in [2.45, 2.75) is 32.4 Å². The number of likely N-dealkylation sites (N-methyl/N-ethyl adjacent to an activating group) is 1. The van der Waals surface area contributed by atoms with Gasteiger partial charge in [-0.05, 0) is 26.4 Å². The highest BCUT2D eigenvalue weighted by Gasteiger charge is 2.18. The van der Waals surface area contributed by atoms with Crippen LogP contribution in [0.1, 0.15) is 27.2 Å². The van der Waals surface area contributed by atoms with E-state index >= 15 is 0 Å². The summed E-state index contributed by atoms with van der Waals surface area (Å²) in [5.41, 5.74) is 0. The first-order chi connectivity index (χ1) is 7.47. The first-order valence-corrected chi connectivity index (χ1v) is 7.34. The van der Waals surface area contributed by atoms with Crippen LogP contribution in [-0.4, -0.2) is 56.5 Å². The van der Waals surface area contributed by atoms with E-state index in [-0.39, 0.29) is 6.61 Å². The largest absolute Gasteiger partial charge is 0.395 e. The van der Waals surface area contributed by atoms with Gasteiger partial charge < -0.3 is 10.0 Å². The average molecular weight is 252 g/mol. The van der Waals surface area contributed by atoms with Crippen LogP contribution >= 0.6 is 0 Å². The van der Waals surface area contributed by atoms with Gasteiger partial charge in [-0.25, -0.2) is 13.1 Å². The summed E-state index contributed by atoms with van der Waals surface area (Å²) in [6.45, 7) is 8.32. The maximum absolute atomic E-state index is 11.5. The van der Waals surface area contributed by atoms with Crippen molar-refractivity contribution in [2.75, 3.05) is 32.8 Å². The van der Waals surface area contributed by atoms with E-state index in [9.17, 15) is 8.42 Å². The van der Waals surface area contributed by atoms with Crippen molar-refractivity contribution in [3.63, 3.8) is 0 Å². The molecule has 0 aromatic rings. The van der Waals surface area contributed by atoms with E-state index in [1.165, 1.54) is 6.92 Å². The Morgan fingerprint density at radius 3 is 2.38 bits per heavy atom. The molecule has 0 aliphatic carbocycles. The third-order valence-corrected chi connectivity index (χ3v) is 4.32. The molecule has 1 atom stereocenters. The standard InChI is InChI=1S/C10H24N2O3S/c1-4-7-12(5-2)8-6-11-16(14,15)10(3)9-13/h10-11,13H,4-9H2,1-3H3.